The Morgan fingerprint density at radius 1 is 1.31 bits per heavy atom. The van der Waals surface area contributed by atoms with Crippen LogP contribution in [0, 0.1) is 0 Å². The average Bonchev–Trinajstić information content (AvgIpc) is 2.36. The van der Waals surface area contributed by atoms with Crippen molar-refractivity contribution in [3.05, 3.63) is 35.9 Å². The van der Waals surface area contributed by atoms with E-state index in [1.807, 2.05) is 37.0 Å². The third-order valence-corrected chi connectivity index (χ3v) is 4.17. The van der Waals surface area contributed by atoms with E-state index in [2.05, 4.69) is 24.4 Å². The van der Waals surface area contributed by atoms with Crippen LogP contribution in [0.15, 0.2) is 30.3 Å². The molecule has 0 bridgehead atoms. The predicted molar refractivity (Wildman–Crippen MR) is 71.9 cm³/mol. The molecule has 0 spiro atoms. The zero-order valence-corrected chi connectivity index (χ0v) is 10.9. The molecular formula is C13H21NOS. The van der Waals surface area contributed by atoms with E-state index in [9.17, 15) is 5.11 Å². The second-order valence-electron chi connectivity index (χ2n) is 3.91. The van der Waals surface area contributed by atoms with Gasteiger partial charge in [0.05, 0.1) is 12.1 Å². The van der Waals surface area contributed by atoms with Crippen molar-refractivity contribution >= 4 is 11.8 Å². The second-order valence-corrected chi connectivity index (χ2v) is 5.01. The van der Waals surface area contributed by atoms with E-state index in [1.165, 1.54) is 6.42 Å². The highest BCUT2D eigenvalue weighted by Crippen LogP contribution is 2.25. The van der Waals surface area contributed by atoms with E-state index in [0.29, 0.717) is 0 Å². The highest BCUT2D eigenvalue weighted by Gasteiger charge is 2.29. The van der Waals surface area contributed by atoms with Gasteiger partial charge < -0.3 is 10.4 Å². The Labute approximate surface area is 102 Å². The average molecular weight is 239 g/mol. The van der Waals surface area contributed by atoms with Crippen LogP contribution in [-0.2, 0) is 5.54 Å². The quantitative estimate of drug-likeness (QED) is 0.716. The lowest BCUT2D eigenvalue weighted by molar-refractivity contribution is 0.187. The largest absolute Gasteiger partial charge is 0.394 e. The van der Waals surface area contributed by atoms with Crippen molar-refractivity contribution in [2.45, 2.75) is 18.9 Å². The Balaban J connectivity index is 2.79. The fourth-order valence-electron chi connectivity index (χ4n) is 1.66. The molecule has 0 heterocycles. The van der Waals surface area contributed by atoms with E-state index in [1.54, 1.807) is 0 Å². The van der Waals surface area contributed by atoms with Crippen LogP contribution in [0.1, 0.15) is 18.9 Å². The van der Waals surface area contributed by atoms with Crippen molar-refractivity contribution in [3.63, 3.8) is 0 Å². The molecule has 2 nitrogen and oxygen atoms in total. The van der Waals surface area contributed by atoms with Crippen LogP contribution in [0.3, 0.4) is 0 Å². The monoisotopic (exact) mass is 239 g/mol. The van der Waals surface area contributed by atoms with Crippen molar-refractivity contribution in [2.75, 3.05) is 25.2 Å². The van der Waals surface area contributed by atoms with Crippen molar-refractivity contribution < 1.29 is 5.11 Å². The van der Waals surface area contributed by atoms with Crippen LogP contribution in [0.25, 0.3) is 0 Å². The standard InChI is InChI=1S/C13H21NOS/c1-3-9-16-11-13(10-15,14-2)12-7-5-4-6-8-12/h4-8,14-15H,3,9-11H2,1-2H3. The first-order chi connectivity index (χ1) is 7.79. The van der Waals surface area contributed by atoms with Gasteiger partial charge >= 0.3 is 0 Å². The maximum Gasteiger partial charge on any atom is 0.0758 e. The fraction of sp³-hybridized carbons (Fsp3) is 0.538. The van der Waals surface area contributed by atoms with Gasteiger partial charge in [0.2, 0.25) is 0 Å². The van der Waals surface area contributed by atoms with Crippen LogP contribution in [0.4, 0.5) is 0 Å². The first-order valence-corrected chi connectivity index (χ1v) is 6.87. The van der Waals surface area contributed by atoms with Crippen LogP contribution < -0.4 is 5.32 Å². The summed E-state index contributed by atoms with van der Waals surface area (Å²) in [6, 6.07) is 10.2. The Morgan fingerprint density at radius 3 is 2.50 bits per heavy atom. The van der Waals surface area contributed by atoms with E-state index < -0.39 is 0 Å². The molecule has 1 rings (SSSR count). The Morgan fingerprint density at radius 2 is 2.00 bits per heavy atom. The summed E-state index contributed by atoms with van der Waals surface area (Å²) in [6.07, 6.45) is 1.17. The van der Waals surface area contributed by atoms with Gasteiger partial charge in [-0.05, 0) is 24.8 Å². The van der Waals surface area contributed by atoms with E-state index in [0.717, 1.165) is 17.1 Å². The molecule has 0 radical (unpaired) electrons. The van der Waals surface area contributed by atoms with Crippen LogP contribution in [-0.4, -0.2) is 30.3 Å². The molecule has 90 valence electrons. The number of likely N-dealkylation sites (N-methyl/N-ethyl adjacent to an activating group) is 1. The zero-order valence-electron chi connectivity index (χ0n) is 10.1. The Hall–Kier alpha value is -0.510. The molecule has 0 amide bonds. The summed E-state index contributed by atoms with van der Waals surface area (Å²) in [4.78, 5) is 0. The summed E-state index contributed by atoms with van der Waals surface area (Å²) in [5, 5.41) is 12.9. The number of aliphatic hydroxyl groups is 1. The first-order valence-electron chi connectivity index (χ1n) is 5.72. The summed E-state index contributed by atoms with van der Waals surface area (Å²) < 4.78 is 0. The maximum absolute atomic E-state index is 9.65. The molecule has 0 aliphatic carbocycles. The van der Waals surface area contributed by atoms with E-state index in [-0.39, 0.29) is 12.1 Å². The number of nitrogens with one attached hydrogen (secondary N) is 1. The van der Waals surface area contributed by atoms with Crippen molar-refractivity contribution in [2.24, 2.45) is 0 Å². The molecule has 0 fully saturated rings. The number of aliphatic hydroxyl groups excluding tert-OH is 1. The van der Waals surface area contributed by atoms with Gasteiger partial charge in [-0.1, -0.05) is 37.3 Å². The Bertz CT molecular complexity index is 285. The molecule has 1 unspecified atom stereocenters. The minimum atomic E-state index is -0.304. The van der Waals surface area contributed by atoms with E-state index >= 15 is 0 Å². The summed E-state index contributed by atoms with van der Waals surface area (Å²) in [5.41, 5.74) is 0.852. The number of benzene rings is 1. The molecular weight excluding hydrogens is 218 g/mol. The zero-order chi connectivity index (χ0) is 11.9. The van der Waals surface area contributed by atoms with Crippen molar-refractivity contribution in [1.29, 1.82) is 0 Å². The lowest BCUT2D eigenvalue weighted by atomic mass is 9.93. The second kappa shape index (κ2) is 6.94. The van der Waals surface area contributed by atoms with Gasteiger partial charge in [-0.15, -0.1) is 0 Å². The normalized spacial score (nSPS) is 14.7. The lowest BCUT2D eigenvalue weighted by Gasteiger charge is -2.32. The van der Waals surface area contributed by atoms with Gasteiger partial charge in [-0.2, -0.15) is 11.8 Å². The molecule has 0 saturated carbocycles. The first kappa shape index (κ1) is 13.6. The van der Waals surface area contributed by atoms with Gasteiger partial charge in [0.25, 0.3) is 0 Å². The summed E-state index contributed by atoms with van der Waals surface area (Å²) >= 11 is 1.88. The summed E-state index contributed by atoms with van der Waals surface area (Å²) in [6.45, 7) is 2.31. The number of hydrogen-bond acceptors (Lipinski definition) is 3. The number of thioether (sulfide) groups is 1. The SMILES string of the molecule is CCCSCC(CO)(NC)c1ccccc1. The fourth-order valence-corrected chi connectivity index (χ4v) is 2.85. The summed E-state index contributed by atoms with van der Waals surface area (Å²) in [5.74, 6) is 2.04. The van der Waals surface area contributed by atoms with Crippen molar-refractivity contribution in [1.82, 2.24) is 5.32 Å². The van der Waals surface area contributed by atoms with Crippen LogP contribution in [0.5, 0.6) is 0 Å². The molecule has 2 N–H and O–H groups in total. The number of hydrogen-bond donors (Lipinski definition) is 2. The van der Waals surface area contributed by atoms with Gasteiger partial charge in [0.15, 0.2) is 0 Å². The minimum Gasteiger partial charge on any atom is -0.394 e. The van der Waals surface area contributed by atoms with Gasteiger partial charge in [-0.25, -0.2) is 0 Å². The molecule has 1 aromatic carbocycles. The smallest absolute Gasteiger partial charge is 0.0758 e. The third-order valence-electron chi connectivity index (χ3n) is 2.77. The molecule has 3 heteroatoms. The predicted octanol–water partition coefficient (Wildman–Crippen LogP) is 2.24. The molecule has 0 saturated heterocycles. The highest BCUT2D eigenvalue weighted by atomic mass is 32.2. The molecule has 1 atom stereocenters. The maximum atomic E-state index is 9.65. The highest BCUT2D eigenvalue weighted by molar-refractivity contribution is 7.99. The van der Waals surface area contributed by atoms with Gasteiger partial charge in [0, 0.05) is 5.75 Å². The topological polar surface area (TPSA) is 32.3 Å². The minimum absolute atomic E-state index is 0.129. The van der Waals surface area contributed by atoms with Gasteiger partial charge in [-0.3, -0.25) is 0 Å². The van der Waals surface area contributed by atoms with Gasteiger partial charge in [0.1, 0.15) is 0 Å². The molecule has 0 aliphatic rings. The molecule has 0 aliphatic heterocycles. The molecule has 16 heavy (non-hydrogen) atoms. The number of rotatable bonds is 7. The summed E-state index contributed by atoms with van der Waals surface area (Å²) in [7, 11) is 1.91. The van der Waals surface area contributed by atoms with E-state index in [4.69, 9.17) is 0 Å². The third kappa shape index (κ3) is 3.24. The molecule has 1 aromatic rings. The lowest BCUT2D eigenvalue weighted by Crippen LogP contribution is -2.46. The molecule has 0 aromatic heterocycles. The van der Waals surface area contributed by atoms with Crippen LogP contribution >= 0.6 is 11.8 Å². The Kier molecular flexibility index (Phi) is 5.88. The van der Waals surface area contributed by atoms with Crippen LogP contribution in [0.2, 0.25) is 0 Å². The van der Waals surface area contributed by atoms with Crippen molar-refractivity contribution in [3.8, 4) is 0 Å².